The Hall–Kier alpha value is -1.15. The van der Waals surface area contributed by atoms with Gasteiger partial charge in [-0.2, -0.15) is 0 Å². The zero-order valence-corrected chi connectivity index (χ0v) is 10.8. The molecule has 0 aromatic heterocycles. The minimum absolute atomic E-state index is 0.189. The van der Waals surface area contributed by atoms with E-state index in [1.165, 1.54) is 11.1 Å². The fourth-order valence-corrected chi connectivity index (χ4v) is 1.25. The molecule has 1 aromatic rings. The van der Waals surface area contributed by atoms with Crippen molar-refractivity contribution >= 4 is 5.78 Å². The molecule has 0 aliphatic heterocycles. The van der Waals surface area contributed by atoms with Gasteiger partial charge in [0.2, 0.25) is 0 Å². The second kappa shape index (κ2) is 9.10. The smallest absolute Gasteiger partial charge is 0.143 e. The average Bonchev–Trinajstić information content (AvgIpc) is 2.29. The predicted octanol–water partition coefficient (Wildman–Crippen LogP) is 2.74. The van der Waals surface area contributed by atoms with Crippen LogP contribution < -0.4 is 5.32 Å². The minimum Gasteiger partial charge on any atom is -0.310 e. The highest BCUT2D eigenvalue weighted by Crippen LogP contribution is 2.02. The maximum Gasteiger partial charge on any atom is 0.143 e. The van der Waals surface area contributed by atoms with E-state index < -0.39 is 0 Å². The second-order valence-electron chi connectivity index (χ2n) is 3.61. The highest BCUT2D eigenvalue weighted by Gasteiger charge is 1.94. The van der Waals surface area contributed by atoms with Gasteiger partial charge in [-0.3, -0.25) is 4.79 Å². The highest BCUT2D eigenvalue weighted by atomic mass is 16.1. The zero-order chi connectivity index (χ0) is 12.4. The van der Waals surface area contributed by atoms with Crippen LogP contribution in [0, 0.1) is 6.92 Å². The summed E-state index contributed by atoms with van der Waals surface area (Å²) < 4.78 is 0. The van der Waals surface area contributed by atoms with Gasteiger partial charge in [-0.25, -0.2) is 0 Å². The van der Waals surface area contributed by atoms with Gasteiger partial charge in [0.1, 0.15) is 5.78 Å². The van der Waals surface area contributed by atoms with Crippen LogP contribution in [-0.2, 0) is 11.2 Å². The normalized spacial score (nSPS) is 9.25. The molecule has 90 valence electrons. The van der Waals surface area contributed by atoms with Crippen LogP contribution in [0.5, 0.6) is 0 Å². The molecule has 0 radical (unpaired) electrons. The Morgan fingerprint density at radius 1 is 1.19 bits per heavy atom. The van der Waals surface area contributed by atoms with Crippen LogP contribution in [0.2, 0.25) is 0 Å². The number of hydrogen-bond acceptors (Lipinski definition) is 2. The van der Waals surface area contributed by atoms with Crippen molar-refractivity contribution in [2.24, 2.45) is 0 Å². The van der Waals surface area contributed by atoms with Gasteiger partial charge in [0.05, 0.1) is 6.54 Å². The van der Waals surface area contributed by atoms with Crippen LogP contribution in [-0.4, -0.2) is 18.9 Å². The first-order chi connectivity index (χ1) is 7.68. The third-order valence-electron chi connectivity index (χ3n) is 2.08. The molecule has 1 N–H and O–H groups in total. The van der Waals surface area contributed by atoms with Crippen molar-refractivity contribution < 1.29 is 4.79 Å². The molecule has 0 atom stereocenters. The number of aryl methyl sites for hydroxylation is 1. The Kier molecular flexibility index (Phi) is 8.45. The third kappa shape index (κ3) is 7.18. The molecule has 0 saturated heterocycles. The molecule has 2 heteroatoms. The lowest BCUT2D eigenvalue weighted by atomic mass is 10.1. The molecule has 0 bridgehead atoms. The zero-order valence-electron chi connectivity index (χ0n) is 10.8. The third-order valence-corrected chi connectivity index (χ3v) is 2.08. The van der Waals surface area contributed by atoms with E-state index in [-0.39, 0.29) is 5.78 Å². The van der Waals surface area contributed by atoms with Crippen LogP contribution in [0.4, 0.5) is 0 Å². The van der Waals surface area contributed by atoms with Crippen LogP contribution in [0.3, 0.4) is 0 Å². The van der Waals surface area contributed by atoms with E-state index in [4.69, 9.17) is 0 Å². The molecule has 1 aromatic carbocycles. The number of carbonyl (C=O) groups is 1. The van der Waals surface area contributed by atoms with Crippen molar-refractivity contribution in [2.45, 2.75) is 34.1 Å². The number of carbonyl (C=O) groups excluding carboxylic acids is 1. The number of benzene rings is 1. The SMILES string of the molecule is CC.CC(=O)CNCCc1ccc(C)cc1. The molecule has 0 heterocycles. The van der Waals surface area contributed by atoms with Gasteiger partial charge in [0, 0.05) is 0 Å². The van der Waals surface area contributed by atoms with Crippen LogP contribution in [0.25, 0.3) is 0 Å². The van der Waals surface area contributed by atoms with E-state index >= 15 is 0 Å². The van der Waals surface area contributed by atoms with Gasteiger partial charge in [-0.05, 0) is 32.4 Å². The van der Waals surface area contributed by atoms with E-state index in [2.05, 4.69) is 36.5 Å². The summed E-state index contributed by atoms with van der Waals surface area (Å²) in [5, 5.41) is 3.10. The van der Waals surface area contributed by atoms with Crippen molar-refractivity contribution in [3.05, 3.63) is 35.4 Å². The number of Topliss-reactive ketones (excluding diaryl/α,β-unsaturated/α-hetero) is 1. The van der Waals surface area contributed by atoms with E-state index in [1.54, 1.807) is 6.92 Å². The molecule has 0 amide bonds. The Labute approximate surface area is 99.1 Å². The summed E-state index contributed by atoms with van der Waals surface area (Å²) in [7, 11) is 0. The van der Waals surface area contributed by atoms with Crippen LogP contribution in [0.1, 0.15) is 31.9 Å². The molecule has 0 spiro atoms. The Morgan fingerprint density at radius 2 is 1.75 bits per heavy atom. The molecular weight excluding hydrogens is 198 g/mol. The maximum absolute atomic E-state index is 10.6. The lowest BCUT2D eigenvalue weighted by molar-refractivity contribution is -0.116. The van der Waals surface area contributed by atoms with E-state index in [1.807, 2.05) is 13.8 Å². The topological polar surface area (TPSA) is 29.1 Å². The van der Waals surface area contributed by atoms with Gasteiger partial charge in [-0.15, -0.1) is 0 Å². The Morgan fingerprint density at radius 3 is 2.25 bits per heavy atom. The lowest BCUT2D eigenvalue weighted by Gasteiger charge is -2.03. The first-order valence-electron chi connectivity index (χ1n) is 5.94. The van der Waals surface area contributed by atoms with Crippen molar-refractivity contribution in [3.63, 3.8) is 0 Å². The van der Waals surface area contributed by atoms with Gasteiger partial charge >= 0.3 is 0 Å². The molecule has 0 aliphatic rings. The summed E-state index contributed by atoms with van der Waals surface area (Å²) in [6, 6.07) is 8.48. The quantitative estimate of drug-likeness (QED) is 0.775. The van der Waals surface area contributed by atoms with Crippen molar-refractivity contribution in [3.8, 4) is 0 Å². The van der Waals surface area contributed by atoms with Gasteiger partial charge in [0.15, 0.2) is 0 Å². The molecule has 0 fully saturated rings. The first kappa shape index (κ1) is 14.8. The molecule has 2 nitrogen and oxygen atoms in total. The van der Waals surface area contributed by atoms with Gasteiger partial charge < -0.3 is 5.32 Å². The van der Waals surface area contributed by atoms with Gasteiger partial charge in [0.25, 0.3) is 0 Å². The molecule has 0 aliphatic carbocycles. The van der Waals surface area contributed by atoms with Crippen LogP contribution >= 0.6 is 0 Å². The largest absolute Gasteiger partial charge is 0.310 e. The Balaban J connectivity index is 0.00000106. The minimum atomic E-state index is 0.189. The highest BCUT2D eigenvalue weighted by molar-refractivity contribution is 5.77. The Bertz CT molecular complexity index is 290. The second-order valence-corrected chi connectivity index (χ2v) is 3.61. The monoisotopic (exact) mass is 221 g/mol. The van der Waals surface area contributed by atoms with E-state index in [0.717, 1.165) is 13.0 Å². The van der Waals surface area contributed by atoms with E-state index in [0.29, 0.717) is 6.54 Å². The molecule has 0 unspecified atom stereocenters. The molecule has 1 rings (SSSR count). The maximum atomic E-state index is 10.6. The summed E-state index contributed by atoms with van der Waals surface area (Å²) in [4.78, 5) is 10.6. The van der Waals surface area contributed by atoms with Gasteiger partial charge in [-0.1, -0.05) is 43.7 Å². The lowest BCUT2D eigenvalue weighted by Crippen LogP contribution is -2.23. The summed E-state index contributed by atoms with van der Waals surface area (Å²) in [6.07, 6.45) is 0.980. The predicted molar refractivity (Wildman–Crippen MR) is 69.8 cm³/mol. The number of rotatable bonds is 5. The summed E-state index contributed by atoms with van der Waals surface area (Å²) >= 11 is 0. The summed E-state index contributed by atoms with van der Waals surface area (Å²) in [6.45, 7) is 9.02. The number of nitrogens with one attached hydrogen (secondary N) is 1. The summed E-state index contributed by atoms with van der Waals surface area (Å²) in [5.74, 6) is 0.189. The fraction of sp³-hybridized carbons (Fsp3) is 0.500. The average molecular weight is 221 g/mol. The number of hydrogen-bond donors (Lipinski definition) is 1. The van der Waals surface area contributed by atoms with Crippen molar-refractivity contribution in [2.75, 3.05) is 13.1 Å². The van der Waals surface area contributed by atoms with Crippen molar-refractivity contribution in [1.82, 2.24) is 5.32 Å². The fourth-order valence-electron chi connectivity index (χ4n) is 1.25. The van der Waals surface area contributed by atoms with Crippen LogP contribution in [0.15, 0.2) is 24.3 Å². The standard InChI is InChI=1S/C12H17NO.C2H6/c1-10-3-5-12(6-4-10)7-8-13-9-11(2)14;1-2/h3-6,13H,7-9H2,1-2H3;1-2H3. The molecule has 0 saturated carbocycles. The number of ketones is 1. The first-order valence-corrected chi connectivity index (χ1v) is 5.94. The molecule has 16 heavy (non-hydrogen) atoms. The summed E-state index contributed by atoms with van der Waals surface area (Å²) in [5.41, 5.74) is 2.59. The van der Waals surface area contributed by atoms with E-state index in [9.17, 15) is 4.79 Å². The van der Waals surface area contributed by atoms with Crippen molar-refractivity contribution in [1.29, 1.82) is 0 Å². The molecular formula is C14H23NO.